The molecule has 0 fully saturated rings. The van der Waals surface area contributed by atoms with Gasteiger partial charge in [0.25, 0.3) is 0 Å². The van der Waals surface area contributed by atoms with Crippen molar-refractivity contribution in [2.24, 2.45) is 0 Å². The molecule has 0 aliphatic carbocycles. The largest absolute Gasteiger partial charge is 0.382 e. The normalized spacial score (nSPS) is 11.3. The predicted octanol–water partition coefficient (Wildman–Crippen LogP) is 1.68. The van der Waals surface area contributed by atoms with Gasteiger partial charge in [-0.25, -0.2) is 0 Å². The van der Waals surface area contributed by atoms with Gasteiger partial charge in [0.1, 0.15) is 0 Å². The highest BCUT2D eigenvalue weighted by atomic mass is 32.2. The fourth-order valence-corrected chi connectivity index (χ4v) is 1.73. The topological polar surface area (TPSA) is 69.4 Å². The Balaban J connectivity index is 2.47. The van der Waals surface area contributed by atoms with E-state index in [0.717, 1.165) is 6.26 Å². The Morgan fingerprint density at radius 1 is 1.25 bits per heavy atom. The second-order valence-corrected chi connectivity index (χ2v) is 4.74. The van der Waals surface area contributed by atoms with Crippen LogP contribution in [0.3, 0.4) is 0 Å². The summed E-state index contributed by atoms with van der Waals surface area (Å²) in [4.78, 5) is 0. The van der Waals surface area contributed by atoms with E-state index in [1.165, 1.54) is 6.20 Å². The van der Waals surface area contributed by atoms with Gasteiger partial charge in [0.15, 0.2) is 11.5 Å². The van der Waals surface area contributed by atoms with Gasteiger partial charge < -0.3 is 8.71 Å². The Morgan fingerprint density at radius 2 is 2.00 bits per heavy atom. The van der Waals surface area contributed by atoms with Gasteiger partial charge in [-0.1, -0.05) is 17.3 Å². The van der Waals surface area contributed by atoms with Crippen molar-refractivity contribution >= 4 is 10.1 Å². The van der Waals surface area contributed by atoms with E-state index < -0.39 is 10.1 Å². The zero-order valence-electron chi connectivity index (χ0n) is 8.45. The van der Waals surface area contributed by atoms with Gasteiger partial charge in [0.2, 0.25) is 0 Å². The van der Waals surface area contributed by atoms with Crippen LogP contribution in [-0.2, 0) is 10.1 Å². The van der Waals surface area contributed by atoms with Gasteiger partial charge in [0, 0.05) is 6.07 Å². The van der Waals surface area contributed by atoms with Crippen LogP contribution in [-0.4, -0.2) is 19.8 Å². The van der Waals surface area contributed by atoms with Crippen molar-refractivity contribution in [3.05, 3.63) is 36.5 Å². The maximum absolute atomic E-state index is 11.1. The van der Waals surface area contributed by atoms with Crippen molar-refractivity contribution < 1.29 is 17.1 Å². The molecule has 0 saturated carbocycles. The molecule has 16 heavy (non-hydrogen) atoms. The third-order valence-corrected chi connectivity index (χ3v) is 2.31. The highest BCUT2D eigenvalue weighted by Gasteiger charge is 2.12. The average Bonchev–Trinajstić information content (AvgIpc) is 2.69. The standard InChI is InChI=1S/C10H9NO4S/c1-16(12,13)15-10-5-3-2-4-8(10)9-6-7-11-14-9/h2-7H,1H3. The van der Waals surface area contributed by atoms with Crippen molar-refractivity contribution in [1.82, 2.24) is 5.16 Å². The maximum Gasteiger partial charge on any atom is 0.306 e. The highest BCUT2D eigenvalue weighted by Crippen LogP contribution is 2.29. The van der Waals surface area contributed by atoms with Gasteiger partial charge in [-0.2, -0.15) is 8.42 Å². The Bertz CT molecular complexity index is 575. The fraction of sp³-hybridized carbons (Fsp3) is 0.100. The number of para-hydroxylation sites is 1. The second kappa shape index (κ2) is 3.97. The summed E-state index contributed by atoms with van der Waals surface area (Å²) in [6.45, 7) is 0. The van der Waals surface area contributed by atoms with E-state index >= 15 is 0 Å². The van der Waals surface area contributed by atoms with Crippen molar-refractivity contribution in [2.75, 3.05) is 6.26 Å². The summed E-state index contributed by atoms with van der Waals surface area (Å²) < 4.78 is 31.9. The van der Waals surface area contributed by atoms with Gasteiger partial charge in [-0.15, -0.1) is 0 Å². The summed E-state index contributed by atoms with van der Waals surface area (Å²) in [6.07, 6.45) is 2.47. The molecule has 0 unspecified atom stereocenters. The zero-order valence-corrected chi connectivity index (χ0v) is 9.27. The molecule has 0 aliphatic heterocycles. The summed E-state index contributed by atoms with van der Waals surface area (Å²) in [5.74, 6) is 0.681. The number of aromatic nitrogens is 1. The van der Waals surface area contributed by atoms with Crippen LogP contribution in [0.25, 0.3) is 11.3 Å². The van der Waals surface area contributed by atoms with Crippen LogP contribution >= 0.6 is 0 Å². The molecule has 0 radical (unpaired) electrons. The van der Waals surface area contributed by atoms with Crippen LogP contribution in [0.2, 0.25) is 0 Å². The monoisotopic (exact) mass is 239 g/mol. The molecule has 0 atom stereocenters. The molecule has 1 heterocycles. The van der Waals surface area contributed by atoms with Crippen molar-refractivity contribution in [3.8, 4) is 17.1 Å². The smallest absolute Gasteiger partial charge is 0.306 e. The summed E-state index contributed by atoms with van der Waals surface area (Å²) >= 11 is 0. The molecular weight excluding hydrogens is 230 g/mol. The molecule has 2 rings (SSSR count). The minimum absolute atomic E-state index is 0.224. The van der Waals surface area contributed by atoms with E-state index in [1.807, 2.05) is 0 Å². The number of nitrogens with zero attached hydrogens (tertiary/aromatic N) is 1. The molecule has 0 saturated heterocycles. The minimum Gasteiger partial charge on any atom is -0.382 e. The Morgan fingerprint density at radius 3 is 2.62 bits per heavy atom. The lowest BCUT2D eigenvalue weighted by Crippen LogP contribution is -2.06. The molecule has 0 N–H and O–H groups in total. The van der Waals surface area contributed by atoms with Crippen LogP contribution in [0.4, 0.5) is 0 Å². The Kier molecular flexibility index (Phi) is 2.66. The molecule has 0 spiro atoms. The predicted molar refractivity (Wildman–Crippen MR) is 57.4 cm³/mol. The molecule has 1 aromatic carbocycles. The van der Waals surface area contributed by atoms with Gasteiger partial charge in [-0.05, 0) is 12.1 Å². The number of rotatable bonds is 3. The maximum atomic E-state index is 11.1. The number of hydrogen-bond acceptors (Lipinski definition) is 5. The molecule has 6 heteroatoms. The van der Waals surface area contributed by atoms with Crippen LogP contribution in [0.1, 0.15) is 0 Å². The molecule has 0 bridgehead atoms. The summed E-state index contributed by atoms with van der Waals surface area (Å²) in [6, 6.07) is 8.32. The van der Waals surface area contributed by atoms with Crippen molar-refractivity contribution in [2.45, 2.75) is 0 Å². The lowest BCUT2D eigenvalue weighted by atomic mass is 10.1. The third kappa shape index (κ3) is 2.40. The van der Waals surface area contributed by atoms with Crippen molar-refractivity contribution in [1.29, 1.82) is 0 Å². The average molecular weight is 239 g/mol. The van der Waals surface area contributed by atoms with Crippen LogP contribution in [0.15, 0.2) is 41.1 Å². The van der Waals surface area contributed by atoms with E-state index in [0.29, 0.717) is 11.3 Å². The molecule has 0 amide bonds. The van der Waals surface area contributed by atoms with E-state index in [1.54, 1.807) is 30.3 Å². The molecule has 5 nitrogen and oxygen atoms in total. The summed E-state index contributed by atoms with van der Waals surface area (Å²) in [5, 5.41) is 3.56. The van der Waals surface area contributed by atoms with Crippen molar-refractivity contribution in [3.63, 3.8) is 0 Å². The first-order valence-electron chi connectivity index (χ1n) is 4.46. The van der Waals surface area contributed by atoms with E-state index in [4.69, 9.17) is 8.71 Å². The second-order valence-electron chi connectivity index (χ2n) is 3.16. The SMILES string of the molecule is CS(=O)(=O)Oc1ccccc1-c1ccno1. The molecule has 1 aromatic heterocycles. The molecule has 0 aliphatic rings. The first-order valence-corrected chi connectivity index (χ1v) is 6.27. The van der Waals surface area contributed by atoms with Gasteiger partial charge >= 0.3 is 10.1 Å². The van der Waals surface area contributed by atoms with E-state index in [-0.39, 0.29) is 5.75 Å². The lowest BCUT2D eigenvalue weighted by molar-refractivity contribution is 0.430. The Labute approximate surface area is 92.8 Å². The van der Waals surface area contributed by atoms with Crippen LogP contribution in [0, 0.1) is 0 Å². The number of hydrogen-bond donors (Lipinski definition) is 0. The molecule has 84 valence electrons. The quantitative estimate of drug-likeness (QED) is 0.762. The zero-order chi connectivity index (χ0) is 11.6. The first kappa shape index (κ1) is 10.7. The van der Waals surface area contributed by atoms with Gasteiger partial charge in [0.05, 0.1) is 18.0 Å². The third-order valence-electron chi connectivity index (χ3n) is 1.83. The highest BCUT2D eigenvalue weighted by molar-refractivity contribution is 7.86. The fourth-order valence-electron chi connectivity index (χ4n) is 1.26. The van der Waals surface area contributed by atoms with Gasteiger partial charge in [-0.3, -0.25) is 0 Å². The summed E-state index contributed by atoms with van der Waals surface area (Å²) in [5.41, 5.74) is 0.547. The van der Waals surface area contributed by atoms with Crippen LogP contribution in [0.5, 0.6) is 5.75 Å². The minimum atomic E-state index is -3.55. The molecule has 2 aromatic rings. The summed E-state index contributed by atoms with van der Waals surface area (Å²) in [7, 11) is -3.55. The first-order chi connectivity index (χ1) is 7.56. The Hall–Kier alpha value is -1.82. The lowest BCUT2D eigenvalue weighted by Gasteiger charge is -2.06. The van der Waals surface area contributed by atoms with E-state index in [9.17, 15) is 8.42 Å². The van der Waals surface area contributed by atoms with E-state index in [2.05, 4.69) is 5.16 Å². The molecular formula is C10H9NO4S. The van der Waals surface area contributed by atoms with Crippen LogP contribution < -0.4 is 4.18 Å². The number of benzene rings is 1.